The quantitative estimate of drug-likeness (QED) is 0.276. The average molecular weight is 719 g/mol. The van der Waals surface area contributed by atoms with E-state index in [1.165, 1.54) is 25.2 Å². The second kappa shape index (κ2) is 11.2. The van der Waals surface area contributed by atoms with E-state index in [1.54, 1.807) is 16.4 Å². The molecule has 2 amide bonds. The van der Waals surface area contributed by atoms with Crippen molar-refractivity contribution in [3.63, 3.8) is 0 Å². The van der Waals surface area contributed by atoms with Crippen LogP contribution in [0.25, 0.3) is 16.9 Å². The number of aromatic hydroxyl groups is 1. The third-order valence-corrected chi connectivity index (χ3v) is 12.0. The van der Waals surface area contributed by atoms with Gasteiger partial charge in [0.2, 0.25) is 11.3 Å². The number of amides is 2. The van der Waals surface area contributed by atoms with E-state index in [1.807, 2.05) is 11.8 Å². The standard InChI is InChI=1S/C35H37F3N10O4/c1-3-21-28(45-10-11-46(23-7-6-22(23)45)32(52)27-29(50)18(2)40-17-41-27)30(51)26-31(44-48(43-26)20-8-9-39-24(12-20)35(36,37)38)47(21)13-25(49)42-34-14-33(15-34,16-34)19-4-5-19/h8-9,12,17,19,22-23,50H,3-7,10-11,13-16H2,1-2H3,(H,42,49)/t22-,23-,33?,34?/m0/s1. The maximum atomic E-state index is 14.5. The molecule has 0 radical (unpaired) electrons. The number of halogens is 3. The largest absolute Gasteiger partial charge is 0.504 e. The Morgan fingerprint density at radius 2 is 1.79 bits per heavy atom. The molecule has 14 nitrogen and oxygen atoms in total. The number of alkyl halides is 3. The lowest BCUT2D eigenvalue weighted by Crippen LogP contribution is -2.75. The number of anilines is 1. The fourth-order valence-electron chi connectivity index (χ4n) is 9.40. The summed E-state index contributed by atoms with van der Waals surface area (Å²) in [6.07, 6.45) is 4.66. The van der Waals surface area contributed by atoms with Crippen molar-refractivity contribution in [2.24, 2.45) is 11.3 Å². The molecule has 6 fully saturated rings. The number of carbonyl (C=O) groups excluding carboxylic acids is 2. The minimum atomic E-state index is -4.71. The highest BCUT2D eigenvalue weighted by Gasteiger charge is 2.72. The summed E-state index contributed by atoms with van der Waals surface area (Å²) < 4.78 is 42.4. The molecular formula is C35H37F3N10O4. The molecule has 1 aliphatic heterocycles. The van der Waals surface area contributed by atoms with Crippen molar-refractivity contribution in [3.8, 4) is 11.4 Å². The monoisotopic (exact) mass is 718 g/mol. The number of hydrogen-bond acceptors (Lipinski definition) is 10. The van der Waals surface area contributed by atoms with E-state index in [-0.39, 0.29) is 71.5 Å². The molecule has 0 unspecified atom stereocenters. The minimum absolute atomic E-state index is 0.0397. The lowest BCUT2D eigenvalue weighted by atomic mass is 9.37. The number of piperazine rings is 1. The third kappa shape index (κ3) is 4.90. The SMILES string of the molecule is CCc1c(N2CCN(C(=O)c3ncnc(C)c3O)[C@H]3CC[C@@H]32)c(=O)c2nn(-c3ccnc(C(F)(F)F)c3)nc2n1CC(=O)NC12CC(C3CC3)(C1)C2. The van der Waals surface area contributed by atoms with Crippen molar-refractivity contribution in [3.05, 3.63) is 57.7 Å². The predicted molar refractivity (Wildman–Crippen MR) is 179 cm³/mol. The summed E-state index contributed by atoms with van der Waals surface area (Å²) in [5.74, 6) is -0.161. The molecule has 0 spiro atoms. The maximum absolute atomic E-state index is 14.5. The Bertz CT molecular complexity index is 2210. The minimum Gasteiger partial charge on any atom is -0.504 e. The van der Waals surface area contributed by atoms with Crippen LogP contribution in [0.1, 0.15) is 79.4 Å². The topological polar surface area (TPSA) is 164 Å². The Labute approximate surface area is 295 Å². The summed E-state index contributed by atoms with van der Waals surface area (Å²) in [4.78, 5) is 58.0. The summed E-state index contributed by atoms with van der Waals surface area (Å²) in [7, 11) is 0. The van der Waals surface area contributed by atoms with Gasteiger partial charge in [-0.3, -0.25) is 19.4 Å². The van der Waals surface area contributed by atoms with Crippen LogP contribution in [0.3, 0.4) is 0 Å². The molecule has 2 N–H and O–H groups in total. The van der Waals surface area contributed by atoms with Crippen LogP contribution in [0, 0.1) is 18.3 Å². The smallest absolute Gasteiger partial charge is 0.433 e. The van der Waals surface area contributed by atoms with Crippen LogP contribution in [0.2, 0.25) is 0 Å². The van der Waals surface area contributed by atoms with Gasteiger partial charge in [-0.25, -0.2) is 9.97 Å². The van der Waals surface area contributed by atoms with Crippen molar-refractivity contribution in [2.75, 3.05) is 18.0 Å². The number of nitrogens with one attached hydrogen (secondary N) is 1. The van der Waals surface area contributed by atoms with E-state index in [0.717, 1.165) is 42.2 Å². The molecule has 0 aromatic carbocycles. The van der Waals surface area contributed by atoms with Crippen LogP contribution in [0.5, 0.6) is 5.75 Å². The number of nitrogens with zero attached hydrogens (tertiary/aromatic N) is 9. The number of pyridine rings is 2. The highest BCUT2D eigenvalue weighted by atomic mass is 19.4. The van der Waals surface area contributed by atoms with Crippen LogP contribution < -0.4 is 15.6 Å². The van der Waals surface area contributed by atoms with E-state index < -0.39 is 23.2 Å². The van der Waals surface area contributed by atoms with Gasteiger partial charge in [-0.1, -0.05) is 6.92 Å². The third-order valence-electron chi connectivity index (χ3n) is 12.0. The molecule has 272 valence electrons. The van der Waals surface area contributed by atoms with Crippen LogP contribution in [0.15, 0.2) is 29.5 Å². The van der Waals surface area contributed by atoms with E-state index in [9.17, 15) is 32.7 Å². The molecule has 6 aliphatic rings. The summed E-state index contributed by atoms with van der Waals surface area (Å²) in [5, 5.41) is 22.7. The zero-order valence-corrected chi connectivity index (χ0v) is 28.7. The number of carbonyl (C=O) groups is 2. The van der Waals surface area contributed by atoms with E-state index in [4.69, 9.17) is 0 Å². The first-order valence-electron chi connectivity index (χ1n) is 17.8. The van der Waals surface area contributed by atoms with Gasteiger partial charge in [0.15, 0.2) is 22.6 Å². The van der Waals surface area contributed by atoms with Crippen molar-refractivity contribution >= 4 is 28.7 Å². The number of aryl methyl sites for hydroxylation is 1. The van der Waals surface area contributed by atoms with Gasteiger partial charge < -0.3 is 24.8 Å². The zero-order valence-electron chi connectivity index (χ0n) is 28.7. The van der Waals surface area contributed by atoms with E-state index >= 15 is 0 Å². The van der Waals surface area contributed by atoms with Crippen LogP contribution in [-0.2, 0) is 23.9 Å². The van der Waals surface area contributed by atoms with Crippen LogP contribution in [-0.4, -0.2) is 87.0 Å². The number of fused-ring (bicyclic) bond motifs is 2. The molecule has 10 rings (SSSR count). The molecular weight excluding hydrogens is 681 g/mol. The Hall–Kier alpha value is -5.09. The molecule has 1 saturated heterocycles. The fraction of sp³-hybridized carbons (Fsp3) is 0.543. The summed E-state index contributed by atoms with van der Waals surface area (Å²) in [5.41, 5.74) is -0.374. The van der Waals surface area contributed by atoms with Gasteiger partial charge in [0, 0.05) is 36.6 Å². The van der Waals surface area contributed by atoms with Gasteiger partial charge >= 0.3 is 6.18 Å². The summed E-state index contributed by atoms with van der Waals surface area (Å²) in [6.45, 7) is 3.81. The summed E-state index contributed by atoms with van der Waals surface area (Å²) >= 11 is 0. The van der Waals surface area contributed by atoms with Crippen LogP contribution in [0.4, 0.5) is 18.9 Å². The number of hydrogen-bond donors (Lipinski definition) is 2. The van der Waals surface area contributed by atoms with Gasteiger partial charge in [0.05, 0.1) is 17.4 Å². The van der Waals surface area contributed by atoms with Gasteiger partial charge in [-0.15, -0.1) is 15.0 Å². The van der Waals surface area contributed by atoms with Gasteiger partial charge in [0.25, 0.3) is 5.91 Å². The molecule has 4 aromatic rings. The highest BCUT2D eigenvalue weighted by molar-refractivity contribution is 5.95. The molecule has 4 aromatic heterocycles. The maximum Gasteiger partial charge on any atom is 0.433 e. The number of rotatable bonds is 8. The molecule has 52 heavy (non-hydrogen) atoms. The Morgan fingerprint density at radius 1 is 1.04 bits per heavy atom. The summed E-state index contributed by atoms with van der Waals surface area (Å²) in [6, 6.07) is 1.61. The molecule has 5 aliphatic carbocycles. The first-order valence-corrected chi connectivity index (χ1v) is 17.8. The van der Waals surface area contributed by atoms with E-state index in [0.29, 0.717) is 41.8 Å². The van der Waals surface area contributed by atoms with Gasteiger partial charge in [-0.05, 0) is 81.8 Å². The second-order valence-corrected chi connectivity index (χ2v) is 15.2. The number of aromatic nitrogens is 7. The average Bonchev–Trinajstić information content (AvgIpc) is 3.80. The second-order valence-electron chi connectivity index (χ2n) is 15.2. The Kier molecular flexibility index (Phi) is 7.07. The molecule has 5 heterocycles. The van der Waals surface area contributed by atoms with Crippen LogP contribution >= 0.6 is 0 Å². The lowest BCUT2D eigenvalue weighted by molar-refractivity contribution is -0.176. The van der Waals surface area contributed by atoms with Crippen molar-refractivity contribution in [2.45, 2.75) is 95.6 Å². The van der Waals surface area contributed by atoms with Crippen molar-refractivity contribution < 1.29 is 27.9 Å². The molecule has 2 bridgehead atoms. The van der Waals surface area contributed by atoms with Crippen molar-refractivity contribution in [1.29, 1.82) is 0 Å². The molecule has 17 heteroatoms. The molecule has 2 atom stereocenters. The zero-order chi connectivity index (χ0) is 36.3. The lowest BCUT2D eigenvalue weighted by Gasteiger charge is -2.71. The van der Waals surface area contributed by atoms with E-state index in [2.05, 4.69) is 30.5 Å². The van der Waals surface area contributed by atoms with Gasteiger partial charge in [0.1, 0.15) is 24.3 Å². The van der Waals surface area contributed by atoms with Gasteiger partial charge in [-0.2, -0.15) is 13.2 Å². The van der Waals surface area contributed by atoms with Crippen molar-refractivity contribution in [1.82, 2.24) is 44.7 Å². The highest BCUT2D eigenvalue weighted by Crippen LogP contribution is 2.75. The predicted octanol–water partition coefficient (Wildman–Crippen LogP) is 3.30. The first-order chi connectivity index (χ1) is 24.8. The Balaban J connectivity index is 1.09. The Morgan fingerprint density at radius 3 is 2.46 bits per heavy atom. The normalized spacial score (nSPS) is 26.3. The molecule has 5 saturated carbocycles. The first kappa shape index (κ1) is 32.8. The fourth-order valence-corrected chi connectivity index (χ4v) is 9.40.